The summed E-state index contributed by atoms with van der Waals surface area (Å²) in [6.45, 7) is 7.79. The molecule has 200 valence electrons. The van der Waals surface area contributed by atoms with E-state index in [4.69, 9.17) is 10.5 Å². The Kier molecular flexibility index (Phi) is 10.7. The molecular weight excluding hydrogens is 466 g/mol. The molecule has 0 bridgehead atoms. The zero-order chi connectivity index (χ0) is 26.8. The number of aliphatic imine (C=N–C) groups is 1. The average Bonchev–Trinajstić information content (AvgIpc) is 3.05. The molecule has 0 fully saturated rings. The van der Waals surface area contributed by atoms with Gasteiger partial charge in [0.15, 0.2) is 0 Å². The summed E-state index contributed by atoms with van der Waals surface area (Å²) in [5.41, 5.74) is 11.0. The lowest BCUT2D eigenvalue weighted by molar-refractivity contribution is -0.144. The van der Waals surface area contributed by atoms with Gasteiger partial charge < -0.3 is 20.5 Å². The van der Waals surface area contributed by atoms with E-state index in [2.05, 4.69) is 29.3 Å². The molecule has 0 saturated heterocycles. The van der Waals surface area contributed by atoms with Crippen LogP contribution in [-0.2, 0) is 20.7 Å². The molecule has 1 aromatic carbocycles. The van der Waals surface area contributed by atoms with Crippen LogP contribution in [0.4, 0.5) is 0 Å². The summed E-state index contributed by atoms with van der Waals surface area (Å²) in [6, 6.07) is 8.23. The van der Waals surface area contributed by atoms with Gasteiger partial charge in [-0.2, -0.15) is 0 Å². The Morgan fingerprint density at radius 3 is 2.65 bits per heavy atom. The highest BCUT2D eigenvalue weighted by molar-refractivity contribution is 6.00. The fraction of sp³-hybridized carbons (Fsp3) is 0.500. The van der Waals surface area contributed by atoms with Crippen LogP contribution in [0.25, 0.3) is 5.57 Å². The number of hydrogen-bond donors (Lipinski definition) is 2. The fourth-order valence-corrected chi connectivity index (χ4v) is 4.51. The maximum Gasteiger partial charge on any atom is 0.306 e. The molecule has 37 heavy (non-hydrogen) atoms. The zero-order valence-corrected chi connectivity index (χ0v) is 22.4. The molecule has 1 aromatic rings. The SMILES string of the molecule is CCCN(CCCO)C(=O)C1=CC2CC=C(c3ccc(CCC(=O)OCC(C)C)cc3)C=C2N=C(N)C1. The van der Waals surface area contributed by atoms with Crippen molar-refractivity contribution in [2.75, 3.05) is 26.3 Å². The number of nitrogens with two attached hydrogens (primary N) is 1. The number of benzene rings is 1. The summed E-state index contributed by atoms with van der Waals surface area (Å²) in [7, 11) is 0. The molecular formula is C30H41N3O4. The fourth-order valence-electron chi connectivity index (χ4n) is 4.51. The number of aliphatic hydroxyl groups is 1. The number of fused-ring (bicyclic) bond motifs is 1. The molecule has 7 heteroatoms. The molecule has 1 atom stereocenters. The average molecular weight is 508 g/mol. The summed E-state index contributed by atoms with van der Waals surface area (Å²) < 4.78 is 5.26. The predicted octanol–water partition coefficient (Wildman–Crippen LogP) is 4.41. The van der Waals surface area contributed by atoms with Crippen molar-refractivity contribution >= 4 is 23.3 Å². The van der Waals surface area contributed by atoms with Crippen molar-refractivity contribution in [3.8, 4) is 0 Å². The summed E-state index contributed by atoms with van der Waals surface area (Å²) in [5.74, 6) is 0.593. The van der Waals surface area contributed by atoms with E-state index < -0.39 is 0 Å². The molecule has 0 spiro atoms. The standard InChI is InChI=1S/C30H41N3O4/c1-4-14-33(15-5-16-34)30(36)26-17-25-12-11-24(18-27(25)32-28(31)19-26)23-9-6-22(7-10-23)8-13-29(35)37-20-21(2)3/h6-7,9-11,17-18,21,25,34H,4-5,8,12-16,19-20H2,1-3H3,(H2,31,32). The third-order valence-corrected chi connectivity index (χ3v) is 6.45. The van der Waals surface area contributed by atoms with Gasteiger partial charge in [-0.05, 0) is 54.4 Å². The van der Waals surface area contributed by atoms with Gasteiger partial charge in [0.05, 0.1) is 12.3 Å². The van der Waals surface area contributed by atoms with Crippen LogP contribution in [-0.4, -0.2) is 54.0 Å². The van der Waals surface area contributed by atoms with Crippen LogP contribution in [0.3, 0.4) is 0 Å². The van der Waals surface area contributed by atoms with Gasteiger partial charge >= 0.3 is 5.97 Å². The minimum atomic E-state index is -0.163. The van der Waals surface area contributed by atoms with E-state index in [0.717, 1.165) is 35.2 Å². The van der Waals surface area contributed by atoms with Crippen LogP contribution < -0.4 is 5.73 Å². The molecule has 1 aliphatic heterocycles. The normalized spacial score (nSPS) is 17.2. The van der Waals surface area contributed by atoms with Crippen molar-refractivity contribution in [1.29, 1.82) is 0 Å². The van der Waals surface area contributed by atoms with E-state index in [-0.39, 0.29) is 24.4 Å². The topological polar surface area (TPSA) is 105 Å². The highest BCUT2D eigenvalue weighted by atomic mass is 16.5. The second-order valence-electron chi connectivity index (χ2n) is 10.2. The first-order chi connectivity index (χ1) is 17.8. The van der Waals surface area contributed by atoms with Crippen LogP contribution in [0.1, 0.15) is 64.0 Å². The van der Waals surface area contributed by atoms with E-state index >= 15 is 0 Å². The number of amides is 1. The quantitative estimate of drug-likeness (QED) is 0.408. The molecule has 2 aliphatic rings. The Morgan fingerprint density at radius 1 is 1.22 bits per heavy atom. The van der Waals surface area contributed by atoms with Crippen molar-refractivity contribution in [3.63, 3.8) is 0 Å². The molecule has 0 radical (unpaired) electrons. The maximum absolute atomic E-state index is 13.2. The van der Waals surface area contributed by atoms with Crippen LogP contribution >= 0.6 is 0 Å². The van der Waals surface area contributed by atoms with Gasteiger partial charge in [0.2, 0.25) is 5.91 Å². The van der Waals surface area contributed by atoms with Gasteiger partial charge in [0.1, 0.15) is 5.84 Å². The minimum absolute atomic E-state index is 0.00110. The lowest BCUT2D eigenvalue weighted by Crippen LogP contribution is -2.35. The number of esters is 1. The molecule has 1 unspecified atom stereocenters. The van der Waals surface area contributed by atoms with E-state index in [0.29, 0.717) is 62.7 Å². The molecule has 0 saturated carbocycles. The molecule has 3 rings (SSSR count). The largest absolute Gasteiger partial charge is 0.465 e. The van der Waals surface area contributed by atoms with Gasteiger partial charge in [-0.3, -0.25) is 9.59 Å². The number of aryl methyl sites for hydroxylation is 1. The minimum Gasteiger partial charge on any atom is -0.465 e. The third kappa shape index (κ3) is 8.42. The summed E-state index contributed by atoms with van der Waals surface area (Å²) in [5, 5.41) is 9.21. The number of allylic oxidation sites excluding steroid dienone is 4. The first-order valence-corrected chi connectivity index (χ1v) is 13.4. The Labute approximate surface area is 220 Å². The van der Waals surface area contributed by atoms with Crippen molar-refractivity contribution in [2.24, 2.45) is 22.6 Å². The predicted molar refractivity (Wildman–Crippen MR) is 148 cm³/mol. The smallest absolute Gasteiger partial charge is 0.306 e. The van der Waals surface area contributed by atoms with E-state index in [1.807, 2.05) is 39.0 Å². The van der Waals surface area contributed by atoms with Crippen molar-refractivity contribution in [3.05, 3.63) is 64.9 Å². The molecule has 7 nitrogen and oxygen atoms in total. The summed E-state index contributed by atoms with van der Waals surface area (Å²) in [4.78, 5) is 31.6. The number of hydrogen-bond acceptors (Lipinski definition) is 6. The van der Waals surface area contributed by atoms with Gasteiger partial charge in [-0.1, -0.05) is 57.2 Å². The van der Waals surface area contributed by atoms with Crippen molar-refractivity contribution in [2.45, 2.75) is 59.3 Å². The maximum atomic E-state index is 13.2. The highest BCUT2D eigenvalue weighted by Crippen LogP contribution is 2.34. The van der Waals surface area contributed by atoms with Gasteiger partial charge in [0.25, 0.3) is 0 Å². The van der Waals surface area contributed by atoms with Crippen molar-refractivity contribution in [1.82, 2.24) is 4.90 Å². The van der Waals surface area contributed by atoms with E-state index in [1.165, 1.54) is 0 Å². The number of aliphatic hydroxyl groups excluding tert-OH is 1. The molecule has 1 aliphatic carbocycles. The number of nitrogens with zero attached hydrogens (tertiary/aromatic N) is 2. The molecule has 3 N–H and O–H groups in total. The Hall–Kier alpha value is -3.19. The second kappa shape index (κ2) is 13.9. The molecule has 0 aromatic heterocycles. The Bertz CT molecular complexity index is 1070. The Balaban J connectivity index is 1.68. The van der Waals surface area contributed by atoms with Crippen LogP contribution in [0.2, 0.25) is 0 Å². The van der Waals surface area contributed by atoms with Gasteiger partial charge in [-0.15, -0.1) is 0 Å². The highest BCUT2D eigenvalue weighted by Gasteiger charge is 2.26. The summed E-state index contributed by atoms with van der Waals surface area (Å²) in [6.07, 6.45) is 9.76. The lowest BCUT2D eigenvalue weighted by Gasteiger charge is -2.24. The van der Waals surface area contributed by atoms with E-state index in [1.54, 1.807) is 4.90 Å². The van der Waals surface area contributed by atoms with Gasteiger partial charge in [-0.25, -0.2) is 4.99 Å². The van der Waals surface area contributed by atoms with E-state index in [9.17, 15) is 14.7 Å². The molecule has 1 heterocycles. The summed E-state index contributed by atoms with van der Waals surface area (Å²) >= 11 is 0. The first kappa shape index (κ1) is 28.4. The van der Waals surface area contributed by atoms with Crippen LogP contribution in [0, 0.1) is 11.8 Å². The first-order valence-electron chi connectivity index (χ1n) is 13.4. The Morgan fingerprint density at radius 2 is 1.97 bits per heavy atom. The van der Waals surface area contributed by atoms with Crippen LogP contribution in [0.5, 0.6) is 0 Å². The number of rotatable bonds is 12. The van der Waals surface area contributed by atoms with Crippen molar-refractivity contribution < 1.29 is 19.4 Å². The van der Waals surface area contributed by atoms with Gasteiger partial charge in [0, 0.05) is 44.0 Å². The number of ether oxygens (including phenoxy) is 1. The zero-order valence-electron chi connectivity index (χ0n) is 22.4. The lowest BCUT2D eigenvalue weighted by atomic mass is 9.88. The monoisotopic (exact) mass is 507 g/mol. The van der Waals surface area contributed by atoms with Crippen LogP contribution in [0.15, 0.2) is 58.8 Å². The number of amidine groups is 1. The second-order valence-corrected chi connectivity index (χ2v) is 10.2. The number of carbonyl (C=O) groups is 2. The third-order valence-electron chi connectivity index (χ3n) is 6.45. The number of carbonyl (C=O) groups excluding carboxylic acids is 2. The molecule has 1 amide bonds.